The van der Waals surface area contributed by atoms with Crippen LogP contribution in [0.4, 0.5) is 0 Å². The molecule has 0 radical (unpaired) electrons. The summed E-state index contributed by atoms with van der Waals surface area (Å²) in [7, 11) is 0. The van der Waals surface area contributed by atoms with Crippen LogP contribution in [-0.2, 0) is 0 Å². The molecule has 16 heavy (non-hydrogen) atoms. The lowest BCUT2D eigenvalue weighted by Gasteiger charge is -2.32. The van der Waals surface area contributed by atoms with Crippen molar-refractivity contribution in [2.75, 3.05) is 6.54 Å². The van der Waals surface area contributed by atoms with Gasteiger partial charge in [-0.2, -0.15) is 0 Å². The standard InChI is InChI=1S/C15H31N/c1-5-16-14(12-15(2,3)4)13-10-8-6-7-9-11-13/h13-14,16H,5-12H2,1-4H3. The molecule has 0 aromatic heterocycles. The maximum atomic E-state index is 3.74. The third-order valence-electron chi connectivity index (χ3n) is 3.77. The summed E-state index contributed by atoms with van der Waals surface area (Å²) in [6, 6.07) is 0.753. The van der Waals surface area contributed by atoms with Gasteiger partial charge in [-0.05, 0) is 37.1 Å². The van der Waals surface area contributed by atoms with E-state index in [1.165, 1.54) is 44.9 Å². The molecular formula is C15H31N. The van der Waals surface area contributed by atoms with E-state index in [1.54, 1.807) is 0 Å². The summed E-state index contributed by atoms with van der Waals surface area (Å²) in [5.74, 6) is 0.932. The number of nitrogens with one attached hydrogen (secondary N) is 1. The molecule has 0 aromatic rings. The zero-order valence-corrected chi connectivity index (χ0v) is 11.8. The minimum Gasteiger partial charge on any atom is -0.314 e. The zero-order chi connectivity index (χ0) is 12.0. The SMILES string of the molecule is CCNC(CC(C)(C)C)C1CCCCCC1. The molecule has 0 spiro atoms. The second kappa shape index (κ2) is 6.64. The molecule has 1 unspecified atom stereocenters. The van der Waals surface area contributed by atoms with Gasteiger partial charge in [0.15, 0.2) is 0 Å². The molecule has 1 aliphatic rings. The van der Waals surface area contributed by atoms with Crippen LogP contribution in [-0.4, -0.2) is 12.6 Å². The van der Waals surface area contributed by atoms with Gasteiger partial charge < -0.3 is 5.32 Å². The van der Waals surface area contributed by atoms with Crippen LogP contribution in [0.15, 0.2) is 0 Å². The quantitative estimate of drug-likeness (QED) is 0.701. The Morgan fingerprint density at radius 3 is 2.06 bits per heavy atom. The monoisotopic (exact) mass is 225 g/mol. The minimum atomic E-state index is 0.457. The number of rotatable bonds is 4. The summed E-state index contributed by atoms with van der Waals surface area (Å²) >= 11 is 0. The van der Waals surface area contributed by atoms with Gasteiger partial charge in [0.25, 0.3) is 0 Å². The molecule has 1 saturated carbocycles. The van der Waals surface area contributed by atoms with Crippen LogP contribution < -0.4 is 5.32 Å². The molecule has 0 aliphatic heterocycles. The van der Waals surface area contributed by atoms with Gasteiger partial charge >= 0.3 is 0 Å². The summed E-state index contributed by atoms with van der Waals surface area (Å²) < 4.78 is 0. The van der Waals surface area contributed by atoms with Crippen LogP contribution in [0.1, 0.15) is 72.6 Å². The molecule has 1 aliphatic carbocycles. The van der Waals surface area contributed by atoms with Crippen LogP contribution in [0.3, 0.4) is 0 Å². The Bertz CT molecular complexity index is 172. The lowest BCUT2D eigenvalue weighted by atomic mass is 9.80. The summed E-state index contributed by atoms with van der Waals surface area (Å²) in [6.45, 7) is 10.5. The fraction of sp³-hybridized carbons (Fsp3) is 1.00. The molecule has 96 valence electrons. The van der Waals surface area contributed by atoms with Gasteiger partial charge in [-0.3, -0.25) is 0 Å². The molecule has 1 rings (SSSR count). The van der Waals surface area contributed by atoms with Crippen molar-refractivity contribution >= 4 is 0 Å². The van der Waals surface area contributed by atoms with Gasteiger partial charge in [-0.15, -0.1) is 0 Å². The Kier molecular flexibility index (Phi) is 5.82. The van der Waals surface area contributed by atoms with Gasteiger partial charge in [0, 0.05) is 6.04 Å². The van der Waals surface area contributed by atoms with Crippen molar-refractivity contribution in [1.82, 2.24) is 5.32 Å². The summed E-state index contributed by atoms with van der Waals surface area (Å²) in [4.78, 5) is 0. The van der Waals surface area contributed by atoms with Crippen molar-refractivity contribution in [2.24, 2.45) is 11.3 Å². The van der Waals surface area contributed by atoms with Crippen molar-refractivity contribution in [3.05, 3.63) is 0 Å². The maximum absolute atomic E-state index is 3.74. The Hall–Kier alpha value is -0.0400. The molecule has 0 saturated heterocycles. The molecular weight excluding hydrogens is 194 g/mol. The fourth-order valence-corrected chi connectivity index (χ4v) is 3.04. The lowest BCUT2D eigenvalue weighted by Crippen LogP contribution is -2.39. The topological polar surface area (TPSA) is 12.0 Å². The van der Waals surface area contributed by atoms with E-state index in [-0.39, 0.29) is 0 Å². The Morgan fingerprint density at radius 2 is 1.62 bits per heavy atom. The molecule has 0 bridgehead atoms. The highest BCUT2D eigenvalue weighted by atomic mass is 14.9. The Labute approximate surface area is 102 Å². The minimum absolute atomic E-state index is 0.457. The van der Waals surface area contributed by atoms with Crippen molar-refractivity contribution in [2.45, 2.75) is 78.7 Å². The smallest absolute Gasteiger partial charge is 0.0100 e. The third kappa shape index (κ3) is 5.34. The van der Waals surface area contributed by atoms with Gasteiger partial charge in [0.05, 0.1) is 0 Å². The molecule has 1 fully saturated rings. The van der Waals surface area contributed by atoms with Crippen LogP contribution in [0, 0.1) is 11.3 Å². The second-order valence-electron chi connectivity index (χ2n) is 6.68. The lowest BCUT2D eigenvalue weighted by molar-refractivity contribution is 0.233. The molecule has 1 nitrogen and oxygen atoms in total. The highest BCUT2D eigenvalue weighted by Gasteiger charge is 2.26. The maximum Gasteiger partial charge on any atom is 0.0100 e. The van der Waals surface area contributed by atoms with E-state index in [0.29, 0.717) is 5.41 Å². The molecule has 0 amide bonds. The second-order valence-corrected chi connectivity index (χ2v) is 6.68. The first-order valence-electron chi connectivity index (χ1n) is 7.26. The van der Waals surface area contributed by atoms with Gasteiger partial charge in [0.2, 0.25) is 0 Å². The van der Waals surface area contributed by atoms with E-state index in [0.717, 1.165) is 18.5 Å². The highest BCUT2D eigenvalue weighted by molar-refractivity contribution is 4.82. The number of hydrogen-bond donors (Lipinski definition) is 1. The van der Waals surface area contributed by atoms with Gasteiger partial charge in [-0.1, -0.05) is 53.4 Å². The average molecular weight is 225 g/mol. The highest BCUT2D eigenvalue weighted by Crippen LogP contribution is 2.31. The Morgan fingerprint density at radius 1 is 1.06 bits per heavy atom. The van der Waals surface area contributed by atoms with Crippen LogP contribution in [0.2, 0.25) is 0 Å². The first-order valence-corrected chi connectivity index (χ1v) is 7.26. The molecule has 1 N–H and O–H groups in total. The predicted octanol–water partition coefficient (Wildman–Crippen LogP) is 4.37. The van der Waals surface area contributed by atoms with E-state index in [2.05, 4.69) is 33.0 Å². The normalized spacial score (nSPS) is 21.8. The van der Waals surface area contributed by atoms with E-state index in [1.807, 2.05) is 0 Å². The van der Waals surface area contributed by atoms with E-state index in [9.17, 15) is 0 Å². The average Bonchev–Trinajstić information content (AvgIpc) is 2.43. The summed E-state index contributed by atoms with van der Waals surface area (Å²) in [6.07, 6.45) is 10.1. The number of hydrogen-bond acceptors (Lipinski definition) is 1. The van der Waals surface area contributed by atoms with E-state index < -0.39 is 0 Å². The van der Waals surface area contributed by atoms with Crippen molar-refractivity contribution in [1.29, 1.82) is 0 Å². The largest absolute Gasteiger partial charge is 0.314 e. The zero-order valence-electron chi connectivity index (χ0n) is 11.8. The van der Waals surface area contributed by atoms with E-state index in [4.69, 9.17) is 0 Å². The molecule has 1 atom stereocenters. The van der Waals surface area contributed by atoms with Gasteiger partial charge in [-0.25, -0.2) is 0 Å². The van der Waals surface area contributed by atoms with Crippen molar-refractivity contribution in [3.63, 3.8) is 0 Å². The van der Waals surface area contributed by atoms with Crippen LogP contribution in [0.25, 0.3) is 0 Å². The first kappa shape index (κ1) is 14.0. The molecule has 1 heteroatoms. The van der Waals surface area contributed by atoms with Gasteiger partial charge in [0.1, 0.15) is 0 Å². The predicted molar refractivity (Wildman–Crippen MR) is 72.7 cm³/mol. The molecule has 0 heterocycles. The van der Waals surface area contributed by atoms with Crippen molar-refractivity contribution < 1.29 is 0 Å². The van der Waals surface area contributed by atoms with Crippen LogP contribution >= 0.6 is 0 Å². The fourth-order valence-electron chi connectivity index (χ4n) is 3.04. The third-order valence-corrected chi connectivity index (χ3v) is 3.77. The van der Waals surface area contributed by atoms with Crippen LogP contribution in [0.5, 0.6) is 0 Å². The summed E-state index contributed by atoms with van der Waals surface area (Å²) in [5, 5.41) is 3.74. The Balaban J connectivity index is 2.52. The first-order chi connectivity index (χ1) is 7.53. The van der Waals surface area contributed by atoms with Crippen molar-refractivity contribution in [3.8, 4) is 0 Å². The van der Waals surface area contributed by atoms with E-state index >= 15 is 0 Å². The molecule has 0 aromatic carbocycles. The summed E-state index contributed by atoms with van der Waals surface area (Å²) in [5.41, 5.74) is 0.457.